The van der Waals surface area contributed by atoms with Crippen molar-refractivity contribution in [3.63, 3.8) is 0 Å². The third-order valence-corrected chi connectivity index (χ3v) is 3.12. The van der Waals surface area contributed by atoms with E-state index in [9.17, 15) is 0 Å². The summed E-state index contributed by atoms with van der Waals surface area (Å²) in [4.78, 5) is 4.17. The number of nitrogens with one attached hydrogen (secondary N) is 2. The van der Waals surface area contributed by atoms with E-state index in [4.69, 9.17) is 12.2 Å². The highest BCUT2D eigenvalue weighted by molar-refractivity contribution is 7.80. The number of rotatable bonds is 2. The van der Waals surface area contributed by atoms with E-state index < -0.39 is 0 Å². The van der Waals surface area contributed by atoms with Gasteiger partial charge in [0.1, 0.15) is 5.82 Å². The number of anilines is 2. The monoisotopic (exact) mass is 285 g/mol. The summed E-state index contributed by atoms with van der Waals surface area (Å²) >= 11 is 5.26. The quantitative estimate of drug-likeness (QED) is 0.811. The molecule has 0 atom stereocenters. The van der Waals surface area contributed by atoms with E-state index in [-0.39, 0.29) is 5.41 Å². The molecule has 0 spiro atoms. The number of nitrogens with zero attached hydrogens (tertiary/aromatic N) is 1. The van der Waals surface area contributed by atoms with Crippen LogP contribution in [0.2, 0.25) is 0 Å². The highest BCUT2D eigenvalue weighted by Crippen LogP contribution is 2.23. The fraction of sp³-hybridized carbons (Fsp3) is 0.250. The molecular weight excluding hydrogens is 266 g/mol. The Morgan fingerprint density at radius 2 is 1.70 bits per heavy atom. The van der Waals surface area contributed by atoms with E-state index in [2.05, 4.69) is 48.5 Å². The molecule has 0 aliphatic carbocycles. The van der Waals surface area contributed by atoms with E-state index in [1.165, 1.54) is 5.56 Å². The van der Waals surface area contributed by atoms with Crippen LogP contribution in [0.5, 0.6) is 0 Å². The lowest BCUT2D eigenvalue weighted by Crippen LogP contribution is -2.19. The van der Waals surface area contributed by atoms with E-state index >= 15 is 0 Å². The summed E-state index contributed by atoms with van der Waals surface area (Å²) in [7, 11) is 0. The summed E-state index contributed by atoms with van der Waals surface area (Å²) in [5.41, 5.74) is 2.42. The molecule has 0 amide bonds. The predicted molar refractivity (Wildman–Crippen MR) is 89.2 cm³/mol. The Balaban J connectivity index is 1.98. The second-order valence-corrected chi connectivity index (χ2v) is 6.03. The van der Waals surface area contributed by atoms with Crippen molar-refractivity contribution in [3.05, 3.63) is 54.2 Å². The van der Waals surface area contributed by atoms with Gasteiger partial charge in [-0.05, 0) is 47.5 Å². The van der Waals surface area contributed by atoms with Gasteiger partial charge < -0.3 is 10.6 Å². The molecule has 20 heavy (non-hydrogen) atoms. The fourth-order valence-corrected chi connectivity index (χ4v) is 1.99. The summed E-state index contributed by atoms with van der Waals surface area (Å²) in [5, 5.41) is 6.73. The molecule has 0 saturated heterocycles. The maximum absolute atomic E-state index is 5.26. The van der Waals surface area contributed by atoms with Crippen LogP contribution < -0.4 is 10.6 Å². The van der Waals surface area contributed by atoms with Crippen LogP contribution in [0.1, 0.15) is 26.3 Å². The van der Waals surface area contributed by atoms with Crippen LogP contribution >= 0.6 is 12.2 Å². The molecule has 2 aromatic rings. The molecule has 104 valence electrons. The summed E-state index contributed by atoms with van der Waals surface area (Å²) in [6, 6.07) is 14.0. The van der Waals surface area contributed by atoms with Gasteiger partial charge >= 0.3 is 0 Å². The lowest BCUT2D eigenvalue weighted by Gasteiger charge is -2.19. The Bertz CT molecular complexity index is 571. The largest absolute Gasteiger partial charge is 0.332 e. The van der Waals surface area contributed by atoms with E-state index in [1.54, 1.807) is 6.20 Å². The number of hydrogen-bond donors (Lipinski definition) is 2. The van der Waals surface area contributed by atoms with Crippen LogP contribution in [0.15, 0.2) is 48.7 Å². The average Bonchev–Trinajstić information content (AvgIpc) is 2.39. The molecule has 2 rings (SSSR count). The lowest BCUT2D eigenvalue weighted by molar-refractivity contribution is 0.590. The third kappa shape index (κ3) is 4.03. The standard InChI is InChI=1S/C16H19N3S/c1-16(2,3)12-7-9-13(10-8-12)18-15(20)19-14-6-4-5-11-17-14/h4-11H,1-3H3,(H2,17,18,19,20). The van der Waals surface area contributed by atoms with E-state index in [1.807, 2.05) is 30.3 Å². The molecule has 0 fully saturated rings. The number of benzene rings is 1. The molecule has 0 radical (unpaired) electrons. The third-order valence-electron chi connectivity index (χ3n) is 2.92. The second kappa shape index (κ2) is 6.01. The molecule has 3 nitrogen and oxygen atoms in total. The van der Waals surface area contributed by atoms with Crippen molar-refractivity contribution in [3.8, 4) is 0 Å². The molecule has 0 saturated carbocycles. The topological polar surface area (TPSA) is 37.0 Å². The summed E-state index contributed by atoms with van der Waals surface area (Å²) in [6.45, 7) is 6.59. The molecule has 4 heteroatoms. The molecule has 0 bridgehead atoms. The van der Waals surface area contributed by atoms with Gasteiger partial charge in [-0.2, -0.15) is 0 Å². The number of pyridine rings is 1. The zero-order chi connectivity index (χ0) is 14.6. The van der Waals surface area contributed by atoms with Crippen LogP contribution in [0, 0.1) is 0 Å². The summed E-state index contributed by atoms with van der Waals surface area (Å²) in [5.74, 6) is 0.733. The van der Waals surface area contributed by atoms with Crippen molar-refractivity contribution >= 4 is 28.8 Å². The smallest absolute Gasteiger partial charge is 0.176 e. The second-order valence-electron chi connectivity index (χ2n) is 5.62. The Morgan fingerprint density at radius 1 is 1.00 bits per heavy atom. The Kier molecular flexibility index (Phi) is 4.35. The van der Waals surface area contributed by atoms with Crippen LogP contribution in [-0.2, 0) is 5.41 Å². The molecular formula is C16H19N3S. The van der Waals surface area contributed by atoms with Gasteiger partial charge in [-0.25, -0.2) is 4.98 Å². The van der Waals surface area contributed by atoms with Crippen molar-refractivity contribution < 1.29 is 0 Å². The molecule has 0 aliphatic rings. The summed E-state index contributed by atoms with van der Waals surface area (Å²) < 4.78 is 0. The van der Waals surface area contributed by atoms with Crippen LogP contribution in [0.25, 0.3) is 0 Å². The Morgan fingerprint density at radius 3 is 2.25 bits per heavy atom. The maximum Gasteiger partial charge on any atom is 0.176 e. The molecule has 0 aliphatic heterocycles. The maximum atomic E-state index is 5.26. The van der Waals surface area contributed by atoms with Gasteiger partial charge in [-0.15, -0.1) is 0 Å². The van der Waals surface area contributed by atoms with Gasteiger partial charge in [-0.3, -0.25) is 0 Å². The number of aromatic nitrogens is 1. The minimum absolute atomic E-state index is 0.158. The average molecular weight is 285 g/mol. The number of hydrogen-bond acceptors (Lipinski definition) is 2. The Labute approximate surface area is 125 Å². The first kappa shape index (κ1) is 14.5. The molecule has 1 heterocycles. The first-order chi connectivity index (χ1) is 9.45. The fourth-order valence-electron chi connectivity index (χ4n) is 1.77. The van der Waals surface area contributed by atoms with Crippen LogP contribution in [0.3, 0.4) is 0 Å². The SMILES string of the molecule is CC(C)(C)c1ccc(NC(=S)Nc2ccccn2)cc1. The molecule has 1 aromatic carbocycles. The minimum atomic E-state index is 0.158. The van der Waals surface area contributed by atoms with Gasteiger partial charge in [0.25, 0.3) is 0 Å². The van der Waals surface area contributed by atoms with Gasteiger partial charge in [0, 0.05) is 11.9 Å². The predicted octanol–water partition coefficient (Wildman–Crippen LogP) is 4.19. The lowest BCUT2D eigenvalue weighted by atomic mass is 9.87. The van der Waals surface area contributed by atoms with Crippen molar-refractivity contribution in [2.75, 3.05) is 10.6 Å². The van der Waals surface area contributed by atoms with Crippen molar-refractivity contribution in [1.29, 1.82) is 0 Å². The summed E-state index contributed by atoms with van der Waals surface area (Å²) in [6.07, 6.45) is 1.73. The number of thiocarbonyl (C=S) groups is 1. The van der Waals surface area contributed by atoms with Crippen molar-refractivity contribution in [2.24, 2.45) is 0 Å². The van der Waals surface area contributed by atoms with Crippen molar-refractivity contribution in [2.45, 2.75) is 26.2 Å². The molecule has 1 aromatic heterocycles. The normalized spacial score (nSPS) is 10.9. The first-order valence-corrected chi connectivity index (χ1v) is 6.95. The minimum Gasteiger partial charge on any atom is -0.332 e. The van der Waals surface area contributed by atoms with Crippen LogP contribution in [-0.4, -0.2) is 10.1 Å². The van der Waals surface area contributed by atoms with Gasteiger partial charge in [0.15, 0.2) is 5.11 Å². The van der Waals surface area contributed by atoms with Gasteiger partial charge in [0.05, 0.1) is 0 Å². The highest BCUT2D eigenvalue weighted by atomic mass is 32.1. The molecule has 0 unspecified atom stereocenters. The Hall–Kier alpha value is -1.94. The van der Waals surface area contributed by atoms with Gasteiger partial charge in [-0.1, -0.05) is 39.0 Å². The zero-order valence-electron chi connectivity index (χ0n) is 12.0. The highest BCUT2D eigenvalue weighted by Gasteiger charge is 2.12. The molecule has 2 N–H and O–H groups in total. The zero-order valence-corrected chi connectivity index (χ0v) is 12.8. The van der Waals surface area contributed by atoms with E-state index in [0.29, 0.717) is 5.11 Å². The van der Waals surface area contributed by atoms with E-state index in [0.717, 1.165) is 11.5 Å². The van der Waals surface area contributed by atoms with Crippen molar-refractivity contribution in [1.82, 2.24) is 4.98 Å². The van der Waals surface area contributed by atoms with Crippen LogP contribution in [0.4, 0.5) is 11.5 Å². The first-order valence-electron chi connectivity index (χ1n) is 6.55. The van der Waals surface area contributed by atoms with Gasteiger partial charge in [0.2, 0.25) is 0 Å².